The molecule has 0 bridgehead atoms. The molecule has 0 saturated carbocycles. The third-order valence-corrected chi connectivity index (χ3v) is 2.46. The summed E-state index contributed by atoms with van der Waals surface area (Å²) in [5.41, 5.74) is 0. The minimum atomic E-state index is -5.20. The third kappa shape index (κ3) is 3.09. The van der Waals surface area contributed by atoms with Crippen LogP contribution in [0.4, 0.5) is 13.2 Å². The molecule has 0 aromatic rings. The molecule has 1 heterocycles. The van der Waals surface area contributed by atoms with Gasteiger partial charge in [-0.3, -0.25) is 4.79 Å². The van der Waals surface area contributed by atoms with Crippen molar-refractivity contribution in [2.75, 3.05) is 6.61 Å². The summed E-state index contributed by atoms with van der Waals surface area (Å²) in [5, 5.41) is 38.1. The predicted octanol–water partition coefficient (Wildman–Crippen LogP) is -2.54. The zero-order valence-corrected chi connectivity index (χ0v) is 8.83. The zero-order valence-electron chi connectivity index (χ0n) is 8.83. The summed E-state index contributed by atoms with van der Waals surface area (Å²) >= 11 is 0. The number of aliphatic hydroxyl groups is 4. The average Bonchev–Trinajstić information content (AvgIpc) is 2.27. The molecule has 7 nitrogen and oxygen atoms in total. The maximum atomic E-state index is 12.0. The molecule has 0 aliphatic carbocycles. The highest BCUT2D eigenvalue weighted by atomic mass is 19.4. The van der Waals surface area contributed by atoms with E-state index in [9.17, 15) is 28.2 Å². The Labute approximate surface area is 98.8 Å². The molecule has 10 heteroatoms. The number of rotatable bonds is 2. The van der Waals surface area contributed by atoms with E-state index in [4.69, 9.17) is 10.2 Å². The van der Waals surface area contributed by atoms with E-state index >= 15 is 0 Å². The van der Waals surface area contributed by atoms with E-state index in [2.05, 4.69) is 4.74 Å². The maximum absolute atomic E-state index is 12.0. The number of nitrogens with one attached hydrogen (secondary N) is 1. The largest absolute Gasteiger partial charge is 0.471 e. The van der Waals surface area contributed by atoms with E-state index < -0.39 is 49.3 Å². The van der Waals surface area contributed by atoms with Crippen LogP contribution in [-0.2, 0) is 9.53 Å². The number of hydrogen-bond acceptors (Lipinski definition) is 6. The van der Waals surface area contributed by atoms with Crippen LogP contribution in [0.5, 0.6) is 0 Å². The van der Waals surface area contributed by atoms with Gasteiger partial charge in [-0.1, -0.05) is 0 Å². The van der Waals surface area contributed by atoms with Crippen molar-refractivity contribution in [3.8, 4) is 0 Å². The summed E-state index contributed by atoms with van der Waals surface area (Å²) in [6.07, 6.45) is -12.3. The summed E-state index contributed by atoms with van der Waals surface area (Å²) in [6, 6.07) is -1.81. The van der Waals surface area contributed by atoms with Crippen LogP contribution in [0, 0.1) is 0 Å². The Morgan fingerprint density at radius 1 is 1.22 bits per heavy atom. The van der Waals surface area contributed by atoms with Gasteiger partial charge in [-0.25, -0.2) is 0 Å². The van der Waals surface area contributed by atoms with Crippen molar-refractivity contribution in [3.63, 3.8) is 0 Å². The average molecular weight is 275 g/mol. The molecular formula is C8H12F3NO6. The van der Waals surface area contributed by atoms with Crippen molar-refractivity contribution < 1.29 is 43.1 Å². The summed E-state index contributed by atoms with van der Waals surface area (Å²) in [5.74, 6) is -2.38. The van der Waals surface area contributed by atoms with Crippen LogP contribution < -0.4 is 5.32 Å². The van der Waals surface area contributed by atoms with E-state index in [1.165, 1.54) is 5.32 Å². The van der Waals surface area contributed by atoms with Crippen LogP contribution in [-0.4, -0.2) is 69.8 Å². The first kappa shape index (κ1) is 15.1. The minimum absolute atomic E-state index is 0.802. The standard InChI is InChI=1S/C8H12F3NO6/c9-8(10,11)7(17)12-3-4(14)2(1-13)18-6(16)5(3)15/h2-6,13-16H,1H2,(H,12,17)/t2-,3+,4-,5-,6+/m1/s1. The van der Waals surface area contributed by atoms with Gasteiger partial charge in [0.05, 0.1) is 12.6 Å². The van der Waals surface area contributed by atoms with Crippen LogP contribution >= 0.6 is 0 Å². The van der Waals surface area contributed by atoms with Gasteiger partial charge in [0.2, 0.25) is 0 Å². The highest BCUT2D eigenvalue weighted by Gasteiger charge is 2.48. The molecule has 1 aliphatic rings. The fourth-order valence-electron chi connectivity index (χ4n) is 1.51. The summed E-state index contributed by atoms with van der Waals surface area (Å²) in [7, 11) is 0. The fourth-order valence-corrected chi connectivity index (χ4v) is 1.51. The van der Waals surface area contributed by atoms with Crippen LogP contribution in [0.3, 0.4) is 0 Å². The van der Waals surface area contributed by atoms with Gasteiger partial charge in [0.1, 0.15) is 18.3 Å². The Hall–Kier alpha value is -0.940. The molecule has 5 atom stereocenters. The van der Waals surface area contributed by atoms with E-state index in [0.29, 0.717) is 0 Å². The van der Waals surface area contributed by atoms with Gasteiger partial charge in [-0.05, 0) is 0 Å². The molecule has 1 fully saturated rings. The number of alkyl halides is 3. The van der Waals surface area contributed by atoms with Crippen molar-refractivity contribution in [2.45, 2.75) is 36.8 Å². The lowest BCUT2D eigenvalue weighted by molar-refractivity contribution is -0.263. The van der Waals surface area contributed by atoms with Gasteiger partial charge in [-0.2, -0.15) is 13.2 Å². The molecule has 0 aromatic heterocycles. The second-order valence-corrected chi connectivity index (χ2v) is 3.73. The highest BCUT2D eigenvalue weighted by molar-refractivity contribution is 5.82. The molecule has 1 rings (SSSR count). The smallest absolute Gasteiger partial charge is 0.394 e. The lowest BCUT2D eigenvalue weighted by Crippen LogP contribution is -2.65. The second kappa shape index (κ2) is 5.36. The Bertz CT molecular complexity index is 312. The maximum Gasteiger partial charge on any atom is 0.471 e. The minimum Gasteiger partial charge on any atom is -0.394 e. The van der Waals surface area contributed by atoms with E-state index in [1.54, 1.807) is 0 Å². The van der Waals surface area contributed by atoms with Gasteiger partial charge in [0.25, 0.3) is 0 Å². The molecular weight excluding hydrogens is 263 g/mol. The number of carbonyl (C=O) groups excluding carboxylic acids is 1. The molecule has 0 aromatic carbocycles. The highest BCUT2D eigenvalue weighted by Crippen LogP contribution is 2.22. The predicted molar refractivity (Wildman–Crippen MR) is 48.0 cm³/mol. The van der Waals surface area contributed by atoms with Crippen LogP contribution in [0.25, 0.3) is 0 Å². The van der Waals surface area contributed by atoms with E-state index in [0.717, 1.165) is 0 Å². The second-order valence-electron chi connectivity index (χ2n) is 3.73. The first-order valence-electron chi connectivity index (χ1n) is 4.86. The normalized spacial score (nSPS) is 37.4. The molecule has 18 heavy (non-hydrogen) atoms. The Kier molecular flexibility index (Phi) is 4.50. The first-order valence-corrected chi connectivity index (χ1v) is 4.86. The molecule has 0 radical (unpaired) electrons. The monoisotopic (exact) mass is 275 g/mol. The molecule has 106 valence electrons. The molecule has 1 saturated heterocycles. The number of hydrogen-bond donors (Lipinski definition) is 5. The lowest BCUT2D eigenvalue weighted by atomic mass is 9.96. The van der Waals surface area contributed by atoms with Crippen molar-refractivity contribution in [1.29, 1.82) is 0 Å². The van der Waals surface area contributed by atoms with Crippen molar-refractivity contribution >= 4 is 5.91 Å². The number of carbonyl (C=O) groups is 1. The molecule has 5 N–H and O–H groups in total. The SMILES string of the molecule is O=C(N[C@@H]1[C@@H](O)[C@@H](O)O[C@H](CO)[C@H]1O)C(F)(F)F. The Morgan fingerprint density at radius 3 is 2.22 bits per heavy atom. The van der Waals surface area contributed by atoms with Crippen molar-refractivity contribution in [1.82, 2.24) is 5.32 Å². The number of ether oxygens (including phenoxy) is 1. The Balaban J connectivity index is 2.80. The summed E-state index contributed by atoms with van der Waals surface area (Å²) in [4.78, 5) is 10.7. The van der Waals surface area contributed by atoms with Gasteiger partial charge in [-0.15, -0.1) is 0 Å². The summed E-state index contributed by atoms with van der Waals surface area (Å²) < 4.78 is 40.6. The number of aliphatic hydroxyl groups excluding tert-OH is 4. The van der Waals surface area contributed by atoms with E-state index in [-0.39, 0.29) is 0 Å². The molecule has 0 unspecified atom stereocenters. The molecule has 1 amide bonds. The topological polar surface area (TPSA) is 119 Å². The van der Waals surface area contributed by atoms with Gasteiger partial charge in [0, 0.05) is 0 Å². The van der Waals surface area contributed by atoms with Crippen molar-refractivity contribution in [2.24, 2.45) is 0 Å². The van der Waals surface area contributed by atoms with E-state index in [1.807, 2.05) is 0 Å². The molecule has 0 spiro atoms. The molecule has 1 aliphatic heterocycles. The van der Waals surface area contributed by atoms with Crippen LogP contribution in [0.2, 0.25) is 0 Å². The third-order valence-electron chi connectivity index (χ3n) is 2.46. The van der Waals surface area contributed by atoms with Gasteiger partial charge in [0.15, 0.2) is 6.29 Å². The Morgan fingerprint density at radius 2 is 1.78 bits per heavy atom. The van der Waals surface area contributed by atoms with Crippen molar-refractivity contribution in [3.05, 3.63) is 0 Å². The number of amides is 1. The van der Waals surface area contributed by atoms with Gasteiger partial charge < -0.3 is 30.5 Å². The van der Waals surface area contributed by atoms with Gasteiger partial charge >= 0.3 is 12.1 Å². The number of halogens is 3. The summed E-state index contributed by atoms with van der Waals surface area (Å²) in [6.45, 7) is -0.802. The first-order chi connectivity index (χ1) is 8.18. The van der Waals surface area contributed by atoms with Crippen LogP contribution in [0.1, 0.15) is 0 Å². The quantitative estimate of drug-likeness (QED) is 0.379. The van der Waals surface area contributed by atoms with Crippen LogP contribution in [0.15, 0.2) is 0 Å². The lowest BCUT2D eigenvalue weighted by Gasteiger charge is -2.40. The zero-order chi connectivity index (χ0) is 14.1. The fraction of sp³-hybridized carbons (Fsp3) is 0.875.